The molecule has 3 rings (SSSR count). The molecule has 0 atom stereocenters. The van der Waals surface area contributed by atoms with E-state index in [0.717, 1.165) is 9.87 Å². The van der Waals surface area contributed by atoms with Crippen LogP contribution in [0.1, 0.15) is 18.9 Å². The Morgan fingerprint density at radius 1 is 1.10 bits per heavy atom. The number of anilines is 1. The second-order valence-electron chi connectivity index (χ2n) is 6.82. The minimum Gasteiger partial charge on any atom is -0.486 e. The highest BCUT2D eigenvalue weighted by atomic mass is 32.2. The first-order chi connectivity index (χ1) is 14.4. The van der Waals surface area contributed by atoms with E-state index in [0.29, 0.717) is 49.8 Å². The van der Waals surface area contributed by atoms with Crippen LogP contribution in [0.25, 0.3) is 0 Å². The van der Waals surface area contributed by atoms with Gasteiger partial charge in [0.15, 0.2) is 11.5 Å². The number of ether oxygens (including phenoxy) is 2. The maximum absolute atomic E-state index is 12.9. The van der Waals surface area contributed by atoms with Crippen molar-refractivity contribution in [1.82, 2.24) is 5.32 Å². The first-order valence-corrected chi connectivity index (χ1v) is 11.4. The molecule has 0 aromatic heterocycles. The van der Waals surface area contributed by atoms with Crippen molar-refractivity contribution in [3.63, 3.8) is 0 Å². The number of hydrogen-bond acceptors (Lipinski definition) is 5. The molecule has 0 radical (unpaired) electrons. The molecule has 9 heteroatoms. The van der Waals surface area contributed by atoms with E-state index in [1.807, 2.05) is 0 Å². The summed E-state index contributed by atoms with van der Waals surface area (Å²) in [6.45, 7) is 2.40. The van der Waals surface area contributed by atoms with Crippen molar-refractivity contribution in [2.24, 2.45) is 0 Å². The number of rotatable bonds is 9. The highest BCUT2D eigenvalue weighted by molar-refractivity contribution is 7.92. The SMILES string of the molecule is CCS(=O)(=O)N(CC(=O)NCCCc1ccc(F)cc1)c1ccc2c(c1)OCCO2. The fourth-order valence-corrected chi connectivity index (χ4v) is 4.11. The molecule has 162 valence electrons. The molecule has 1 amide bonds. The van der Waals surface area contributed by atoms with E-state index in [4.69, 9.17) is 9.47 Å². The molecule has 0 unspecified atom stereocenters. The summed E-state index contributed by atoms with van der Waals surface area (Å²) in [5.74, 6) is 0.169. The third-order valence-electron chi connectivity index (χ3n) is 4.68. The van der Waals surface area contributed by atoms with Gasteiger partial charge in [0.25, 0.3) is 0 Å². The van der Waals surface area contributed by atoms with E-state index in [1.165, 1.54) is 19.1 Å². The lowest BCUT2D eigenvalue weighted by molar-refractivity contribution is -0.119. The lowest BCUT2D eigenvalue weighted by Gasteiger charge is -2.25. The minimum absolute atomic E-state index is 0.140. The summed E-state index contributed by atoms with van der Waals surface area (Å²) in [6.07, 6.45) is 1.33. The fraction of sp³-hybridized carbons (Fsp3) is 0.381. The molecule has 1 aliphatic heterocycles. The summed E-state index contributed by atoms with van der Waals surface area (Å²) in [5, 5.41) is 2.75. The third-order valence-corrected chi connectivity index (χ3v) is 6.42. The van der Waals surface area contributed by atoms with Crippen LogP contribution in [-0.2, 0) is 21.2 Å². The van der Waals surface area contributed by atoms with Crippen LogP contribution in [0, 0.1) is 5.82 Å². The van der Waals surface area contributed by atoms with Crippen molar-refractivity contribution >= 4 is 21.6 Å². The molecule has 1 N–H and O–H groups in total. The van der Waals surface area contributed by atoms with Gasteiger partial charge in [-0.3, -0.25) is 9.10 Å². The van der Waals surface area contributed by atoms with Gasteiger partial charge in [-0.25, -0.2) is 12.8 Å². The van der Waals surface area contributed by atoms with Gasteiger partial charge in [-0.05, 0) is 49.6 Å². The maximum Gasteiger partial charge on any atom is 0.240 e. The molecule has 7 nitrogen and oxygen atoms in total. The Morgan fingerprint density at radius 2 is 1.80 bits per heavy atom. The molecular formula is C21H25FN2O5S. The Labute approximate surface area is 175 Å². The average Bonchev–Trinajstić information content (AvgIpc) is 2.76. The van der Waals surface area contributed by atoms with E-state index in [1.54, 1.807) is 30.3 Å². The van der Waals surface area contributed by atoms with Gasteiger partial charge in [0.2, 0.25) is 15.9 Å². The van der Waals surface area contributed by atoms with Gasteiger partial charge < -0.3 is 14.8 Å². The van der Waals surface area contributed by atoms with Crippen LogP contribution in [0.15, 0.2) is 42.5 Å². The van der Waals surface area contributed by atoms with Crippen LogP contribution in [0.3, 0.4) is 0 Å². The molecule has 0 saturated heterocycles. The number of fused-ring (bicyclic) bond motifs is 1. The van der Waals surface area contributed by atoms with Crippen LogP contribution in [0.4, 0.5) is 10.1 Å². The Balaban J connectivity index is 1.61. The normalized spacial score (nSPS) is 13.0. The smallest absolute Gasteiger partial charge is 0.240 e. The summed E-state index contributed by atoms with van der Waals surface area (Å²) >= 11 is 0. The average molecular weight is 437 g/mol. The summed E-state index contributed by atoms with van der Waals surface area (Å²) in [5.41, 5.74) is 1.32. The van der Waals surface area contributed by atoms with Crippen molar-refractivity contribution in [2.45, 2.75) is 19.8 Å². The quantitative estimate of drug-likeness (QED) is 0.611. The van der Waals surface area contributed by atoms with Gasteiger partial charge >= 0.3 is 0 Å². The largest absolute Gasteiger partial charge is 0.486 e. The zero-order valence-corrected chi connectivity index (χ0v) is 17.6. The van der Waals surface area contributed by atoms with E-state index >= 15 is 0 Å². The van der Waals surface area contributed by atoms with Crippen molar-refractivity contribution in [1.29, 1.82) is 0 Å². The number of benzene rings is 2. The molecule has 2 aromatic rings. The standard InChI is InChI=1S/C21H25FN2O5S/c1-2-30(26,27)24(18-9-10-19-20(14-18)29-13-12-28-19)15-21(25)23-11-3-4-16-5-7-17(22)8-6-16/h5-10,14H,2-4,11-13,15H2,1H3,(H,23,25). The minimum atomic E-state index is -3.67. The molecule has 0 aliphatic carbocycles. The molecule has 1 aliphatic rings. The van der Waals surface area contributed by atoms with Crippen molar-refractivity contribution in [3.8, 4) is 11.5 Å². The molecular weight excluding hydrogens is 411 g/mol. The van der Waals surface area contributed by atoms with E-state index < -0.39 is 15.9 Å². The Kier molecular flexibility index (Phi) is 7.15. The Hall–Kier alpha value is -2.81. The van der Waals surface area contributed by atoms with E-state index in [-0.39, 0.29) is 18.1 Å². The number of carbonyl (C=O) groups excluding carboxylic acids is 1. The molecule has 2 aromatic carbocycles. The Bertz CT molecular complexity index is 979. The first kappa shape index (κ1) is 21.9. The number of amides is 1. The lowest BCUT2D eigenvalue weighted by Crippen LogP contribution is -2.41. The van der Waals surface area contributed by atoms with Crippen LogP contribution < -0.4 is 19.1 Å². The van der Waals surface area contributed by atoms with Crippen LogP contribution in [-0.4, -0.2) is 46.4 Å². The van der Waals surface area contributed by atoms with Crippen LogP contribution in [0.2, 0.25) is 0 Å². The van der Waals surface area contributed by atoms with Crippen molar-refractivity contribution < 1.29 is 27.1 Å². The van der Waals surface area contributed by atoms with Crippen molar-refractivity contribution in [2.75, 3.05) is 36.4 Å². The number of nitrogens with zero attached hydrogens (tertiary/aromatic N) is 1. The number of sulfonamides is 1. The number of halogens is 1. The molecule has 1 heterocycles. The molecule has 30 heavy (non-hydrogen) atoms. The summed E-state index contributed by atoms with van der Waals surface area (Å²) in [7, 11) is -3.67. The fourth-order valence-electron chi connectivity index (χ4n) is 3.05. The lowest BCUT2D eigenvalue weighted by atomic mass is 10.1. The molecule has 0 spiro atoms. The van der Waals surface area contributed by atoms with Crippen LogP contribution in [0.5, 0.6) is 11.5 Å². The number of carbonyl (C=O) groups is 1. The van der Waals surface area contributed by atoms with Gasteiger partial charge in [-0.2, -0.15) is 0 Å². The second kappa shape index (κ2) is 9.80. The van der Waals surface area contributed by atoms with Crippen molar-refractivity contribution in [3.05, 3.63) is 53.8 Å². The Morgan fingerprint density at radius 3 is 2.50 bits per heavy atom. The van der Waals surface area contributed by atoms with Crippen LogP contribution >= 0.6 is 0 Å². The number of hydrogen-bond donors (Lipinski definition) is 1. The highest BCUT2D eigenvalue weighted by Crippen LogP contribution is 2.34. The molecule has 0 fully saturated rings. The van der Waals surface area contributed by atoms with Gasteiger partial charge in [-0.15, -0.1) is 0 Å². The highest BCUT2D eigenvalue weighted by Gasteiger charge is 2.25. The number of nitrogens with one attached hydrogen (secondary N) is 1. The molecule has 0 saturated carbocycles. The topological polar surface area (TPSA) is 84.9 Å². The summed E-state index contributed by atoms with van der Waals surface area (Å²) in [4.78, 5) is 12.4. The molecule has 0 bridgehead atoms. The predicted molar refractivity (Wildman–Crippen MR) is 112 cm³/mol. The second-order valence-corrected chi connectivity index (χ2v) is 9.00. The maximum atomic E-state index is 12.9. The first-order valence-electron chi connectivity index (χ1n) is 9.80. The van der Waals surface area contributed by atoms with Gasteiger partial charge in [-0.1, -0.05) is 12.1 Å². The summed E-state index contributed by atoms with van der Waals surface area (Å²) < 4.78 is 50.2. The van der Waals surface area contributed by atoms with Gasteiger partial charge in [0.1, 0.15) is 25.6 Å². The zero-order valence-electron chi connectivity index (χ0n) is 16.8. The van der Waals surface area contributed by atoms with E-state index in [2.05, 4.69) is 5.32 Å². The van der Waals surface area contributed by atoms with Gasteiger partial charge in [0.05, 0.1) is 11.4 Å². The monoisotopic (exact) mass is 436 g/mol. The van der Waals surface area contributed by atoms with Gasteiger partial charge in [0, 0.05) is 12.6 Å². The third kappa shape index (κ3) is 5.63. The predicted octanol–water partition coefficient (Wildman–Crippen LogP) is 2.50. The summed E-state index contributed by atoms with van der Waals surface area (Å²) in [6, 6.07) is 11.0. The number of aryl methyl sites for hydroxylation is 1. The van der Waals surface area contributed by atoms with E-state index in [9.17, 15) is 17.6 Å². The zero-order chi connectivity index (χ0) is 21.6.